The van der Waals surface area contributed by atoms with Crippen molar-refractivity contribution in [1.29, 1.82) is 0 Å². The Balaban J connectivity index is 2.06. The molecule has 0 radical (unpaired) electrons. The molecule has 0 spiro atoms. The molecule has 1 aromatic carbocycles. The van der Waals surface area contributed by atoms with E-state index in [1.54, 1.807) is 12.1 Å². The molecule has 0 bridgehead atoms. The van der Waals surface area contributed by atoms with Crippen LogP contribution in [0.4, 0.5) is 0 Å². The van der Waals surface area contributed by atoms with Crippen LogP contribution in [0, 0.1) is 11.8 Å². The largest absolute Gasteiger partial charge is 0.462 e. The molecule has 0 heterocycles. The van der Waals surface area contributed by atoms with E-state index in [4.69, 9.17) is 4.74 Å². The molecule has 0 amide bonds. The summed E-state index contributed by atoms with van der Waals surface area (Å²) in [5.41, 5.74) is 0.577. The van der Waals surface area contributed by atoms with Crippen molar-refractivity contribution in [3.8, 4) is 11.8 Å². The zero-order chi connectivity index (χ0) is 15.3. The number of hydrogen-bond acceptors (Lipinski definition) is 3. The van der Waals surface area contributed by atoms with Gasteiger partial charge in [-0.25, -0.2) is 4.79 Å². The van der Waals surface area contributed by atoms with E-state index < -0.39 is 0 Å². The van der Waals surface area contributed by atoms with E-state index in [0.29, 0.717) is 18.6 Å². The van der Waals surface area contributed by atoms with Gasteiger partial charge in [0, 0.05) is 12.8 Å². The van der Waals surface area contributed by atoms with Crippen LogP contribution in [0.5, 0.6) is 0 Å². The molecule has 0 unspecified atom stereocenters. The first-order valence-corrected chi connectivity index (χ1v) is 7.60. The number of aliphatic hydroxyl groups is 1. The van der Waals surface area contributed by atoms with Crippen molar-refractivity contribution in [3.63, 3.8) is 0 Å². The first-order chi connectivity index (χ1) is 10.2. The fourth-order valence-electron chi connectivity index (χ4n) is 1.88. The highest BCUT2D eigenvalue weighted by Crippen LogP contribution is 2.04. The fraction of sp³-hybridized carbons (Fsp3) is 0.500. The van der Waals surface area contributed by atoms with Crippen molar-refractivity contribution < 1.29 is 14.6 Å². The number of esters is 1. The van der Waals surface area contributed by atoms with E-state index in [0.717, 1.165) is 32.1 Å². The highest BCUT2D eigenvalue weighted by Gasteiger charge is 2.04. The molecular weight excluding hydrogens is 264 g/mol. The lowest BCUT2D eigenvalue weighted by Gasteiger charge is -2.04. The standard InChI is InChI=1S/C18H24O3/c1-2-11-17(19)14-9-4-3-5-10-15-21-18(20)16-12-7-6-8-13-16/h6-8,12-13,17,19H,2,5,9-11,14-15H2,1H3/t17-/m0/s1. The topological polar surface area (TPSA) is 46.5 Å². The molecule has 1 atom stereocenters. The van der Waals surface area contributed by atoms with Crippen LogP contribution in [0.1, 0.15) is 55.8 Å². The SMILES string of the molecule is CCC[C@H](O)CCC#CCCCOC(=O)c1ccccc1. The molecule has 3 nitrogen and oxygen atoms in total. The van der Waals surface area contributed by atoms with Gasteiger partial charge < -0.3 is 9.84 Å². The second-order valence-corrected chi connectivity index (χ2v) is 4.94. The van der Waals surface area contributed by atoms with Crippen molar-refractivity contribution in [1.82, 2.24) is 0 Å². The zero-order valence-electron chi connectivity index (χ0n) is 12.7. The van der Waals surface area contributed by atoms with Crippen LogP contribution < -0.4 is 0 Å². The van der Waals surface area contributed by atoms with Gasteiger partial charge in [0.15, 0.2) is 0 Å². The van der Waals surface area contributed by atoms with Gasteiger partial charge in [-0.1, -0.05) is 31.5 Å². The van der Waals surface area contributed by atoms with Crippen LogP contribution in [0.3, 0.4) is 0 Å². The van der Waals surface area contributed by atoms with Gasteiger partial charge in [0.2, 0.25) is 0 Å². The van der Waals surface area contributed by atoms with Crippen molar-refractivity contribution in [3.05, 3.63) is 35.9 Å². The van der Waals surface area contributed by atoms with Crippen LogP contribution in [0.25, 0.3) is 0 Å². The molecule has 0 aromatic heterocycles. The van der Waals surface area contributed by atoms with E-state index in [-0.39, 0.29) is 12.1 Å². The highest BCUT2D eigenvalue weighted by atomic mass is 16.5. The lowest BCUT2D eigenvalue weighted by molar-refractivity contribution is 0.0502. The number of unbranched alkanes of at least 4 members (excludes halogenated alkanes) is 1. The average molecular weight is 288 g/mol. The second-order valence-electron chi connectivity index (χ2n) is 4.94. The van der Waals surface area contributed by atoms with Crippen molar-refractivity contribution >= 4 is 5.97 Å². The minimum Gasteiger partial charge on any atom is -0.462 e. The predicted molar refractivity (Wildman–Crippen MR) is 83.9 cm³/mol. The minimum atomic E-state index is -0.286. The number of benzene rings is 1. The number of carbonyl (C=O) groups is 1. The summed E-state index contributed by atoms with van der Waals surface area (Å²) in [4.78, 5) is 11.6. The summed E-state index contributed by atoms with van der Waals surface area (Å²) in [6.45, 7) is 2.45. The maximum atomic E-state index is 11.6. The Hall–Kier alpha value is -1.79. The zero-order valence-corrected chi connectivity index (χ0v) is 12.7. The molecule has 1 N–H and O–H groups in total. The van der Waals surface area contributed by atoms with Crippen LogP contribution in [-0.2, 0) is 4.74 Å². The second kappa shape index (κ2) is 10.9. The summed E-state index contributed by atoms with van der Waals surface area (Å²) in [5, 5.41) is 9.53. The molecule has 0 fully saturated rings. The normalized spacial score (nSPS) is 11.3. The maximum Gasteiger partial charge on any atom is 0.338 e. The lowest BCUT2D eigenvalue weighted by Crippen LogP contribution is -2.05. The predicted octanol–water partition coefficient (Wildman–Crippen LogP) is 3.57. The molecular formula is C18H24O3. The number of aliphatic hydroxyl groups excluding tert-OH is 1. The number of rotatable bonds is 8. The summed E-state index contributed by atoms with van der Waals surface area (Å²) in [5.74, 6) is 5.80. The van der Waals surface area contributed by atoms with Gasteiger partial charge in [0.05, 0.1) is 18.3 Å². The first kappa shape index (κ1) is 17.3. The Morgan fingerprint density at radius 1 is 1.19 bits per heavy atom. The van der Waals surface area contributed by atoms with Crippen LogP contribution in [0.2, 0.25) is 0 Å². The quantitative estimate of drug-likeness (QED) is 0.452. The molecule has 21 heavy (non-hydrogen) atoms. The highest BCUT2D eigenvalue weighted by molar-refractivity contribution is 5.89. The van der Waals surface area contributed by atoms with E-state index in [9.17, 15) is 9.90 Å². The minimum absolute atomic E-state index is 0.226. The van der Waals surface area contributed by atoms with Crippen LogP contribution in [0.15, 0.2) is 30.3 Å². The number of hydrogen-bond donors (Lipinski definition) is 1. The van der Waals surface area contributed by atoms with Gasteiger partial charge in [-0.2, -0.15) is 0 Å². The molecule has 0 saturated heterocycles. The monoisotopic (exact) mass is 288 g/mol. The molecule has 1 rings (SSSR count). The van der Waals surface area contributed by atoms with Gasteiger partial charge >= 0.3 is 5.97 Å². The van der Waals surface area contributed by atoms with Crippen molar-refractivity contribution in [2.45, 2.75) is 51.6 Å². The first-order valence-electron chi connectivity index (χ1n) is 7.60. The molecule has 3 heteroatoms. The van der Waals surface area contributed by atoms with Crippen molar-refractivity contribution in [2.75, 3.05) is 6.61 Å². The summed E-state index contributed by atoms with van der Waals surface area (Å²) in [7, 11) is 0. The summed E-state index contributed by atoms with van der Waals surface area (Å²) in [6.07, 6.45) is 4.54. The Kier molecular flexibility index (Phi) is 8.99. The van der Waals surface area contributed by atoms with Crippen LogP contribution >= 0.6 is 0 Å². The maximum absolute atomic E-state index is 11.6. The summed E-state index contributed by atoms with van der Waals surface area (Å²) < 4.78 is 5.16. The third-order valence-corrected chi connectivity index (χ3v) is 3.04. The van der Waals surface area contributed by atoms with Crippen molar-refractivity contribution in [2.24, 2.45) is 0 Å². The van der Waals surface area contributed by atoms with Gasteiger partial charge in [0.25, 0.3) is 0 Å². The number of ether oxygens (including phenoxy) is 1. The molecule has 0 aliphatic rings. The van der Waals surface area contributed by atoms with E-state index >= 15 is 0 Å². The molecule has 114 valence electrons. The Morgan fingerprint density at radius 2 is 1.90 bits per heavy atom. The molecule has 0 aliphatic heterocycles. The van der Waals surface area contributed by atoms with Crippen LogP contribution in [-0.4, -0.2) is 23.8 Å². The smallest absolute Gasteiger partial charge is 0.338 e. The third kappa shape index (κ3) is 8.16. The lowest BCUT2D eigenvalue weighted by atomic mass is 10.1. The van der Waals surface area contributed by atoms with E-state index in [2.05, 4.69) is 18.8 Å². The summed E-state index contributed by atoms with van der Waals surface area (Å²) in [6, 6.07) is 8.97. The van der Waals surface area contributed by atoms with E-state index in [1.807, 2.05) is 18.2 Å². The molecule has 0 aliphatic carbocycles. The Labute approximate surface area is 127 Å². The van der Waals surface area contributed by atoms with Gasteiger partial charge in [-0.15, -0.1) is 11.8 Å². The summed E-state index contributed by atoms with van der Waals surface area (Å²) >= 11 is 0. The fourth-order valence-corrected chi connectivity index (χ4v) is 1.88. The molecule has 0 saturated carbocycles. The Bertz CT molecular complexity index is 456. The van der Waals surface area contributed by atoms with Gasteiger partial charge in [0.1, 0.15) is 0 Å². The Morgan fingerprint density at radius 3 is 2.62 bits per heavy atom. The average Bonchev–Trinajstić information content (AvgIpc) is 2.51. The molecule has 1 aromatic rings. The van der Waals surface area contributed by atoms with E-state index in [1.165, 1.54) is 0 Å². The third-order valence-electron chi connectivity index (χ3n) is 3.04. The number of carbonyl (C=O) groups excluding carboxylic acids is 1. The van der Waals surface area contributed by atoms with Gasteiger partial charge in [-0.05, 0) is 31.4 Å². The van der Waals surface area contributed by atoms with Gasteiger partial charge in [-0.3, -0.25) is 0 Å².